The van der Waals surface area contributed by atoms with E-state index < -0.39 is 0 Å². The van der Waals surface area contributed by atoms with Gasteiger partial charge in [0.25, 0.3) is 0 Å². The van der Waals surface area contributed by atoms with Crippen molar-refractivity contribution >= 4 is 22.4 Å². The first kappa shape index (κ1) is 16.4. The zero-order valence-electron chi connectivity index (χ0n) is 13.8. The van der Waals surface area contributed by atoms with Gasteiger partial charge in [0, 0.05) is 10.4 Å². The smallest absolute Gasteiger partial charge is 0.233 e. The van der Waals surface area contributed by atoms with Crippen LogP contribution in [0.4, 0.5) is 5.13 Å². The van der Waals surface area contributed by atoms with Crippen LogP contribution in [0.15, 0.2) is 60.7 Å². The average Bonchev–Trinajstić information content (AvgIpc) is 2.97. The number of benzene rings is 2. The molecule has 3 rings (SSSR count). The van der Waals surface area contributed by atoms with Crippen LogP contribution in [0, 0.1) is 6.92 Å². The van der Waals surface area contributed by atoms with Crippen LogP contribution < -0.4 is 5.32 Å². The first-order valence-electron chi connectivity index (χ1n) is 8.07. The number of nitrogens with one attached hydrogen (secondary N) is 1. The SMILES string of the molecule is CC[C@@H](C(=O)Nc1nc(-c2ccccc2)c(C)s1)c1ccccc1. The van der Waals surface area contributed by atoms with Gasteiger partial charge in [-0.2, -0.15) is 0 Å². The minimum atomic E-state index is -0.157. The molecule has 1 amide bonds. The van der Waals surface area contributed by atoms with Crippen molar-refractivity contribution in [1.29, 1.82) is 0 Å². The molecule has 0 aliphatic heterocycles. The number of hydrogen-bond donors (Lipinski definition) is 1. The van der Waals surface area contributed by atoms with E-state index in [2.05, 4.69) is 10.3 Å². The lowest BCUT2D eigenvalue weighted by molar-refractivity contribution is -0.117. The van der Waals surface area contributed by atoms with Crippen LogP contribution in [0.3, 0.4) is 0 Å². The number of aryl methyl sites for hydroxylation is 1. The molecule has 1 heterocycles. The molecule has 0 bridgehead atoms. The van der Waals surface area contributed by atoms with Crippen LogP contribution in [0.1, 0.15) is 29.7 Å². The van der Waals surface area contributed by atoms with Crippen molar-refractivity contribution in [3.63, 3.8) is 0 Å². The maximum absolute atomic E-state index is 12.7. The summed E-state index contributed by atoms with van der Waals surface area (Å²) in [6.45, 7) is 4.06. The summed E-state index contributed by atoms with van der Waals surface area (Å²) in [5, 5.41) is 3.65. The Morgan fingerprint density at radius 1 is 1.08 bits per heavy atom. The van der Waals surface area contributed by atoms with Crippen LogP contribution in [0.2, 0.25) is 0 Å². The average molecular weight is 336 g/mol. The number of carbonyl (C=O) groups excluding carboxylic acids is 1. The highest BCUT2D eigenvalue weighted by molar-refractivity contribution is 7.16. The van der Waals surface area contributed by atoms with Crippen molar-refractivity contribution in [1.82, 2.24) is 4.98 Å². The van der Waals surface area contributed by atoms with Gasteiger partial charge in [-0.05, 0) is 18.9 Å². The number of amides is 1. The summed E-state index contributed by atoms with van der Waals surface area (Å²) in [5.74, 6) is -0.160. The molecule has 3 aromatic rings. The lowest BCUT2D eigenvalue weighted by Crippen LogP contribution is -2.20. The Bertz CT molecular complexity index is 812. The highest BCUT2D eigenvalue weighted by Gasteiger charge is 2.20. The maximum atomic E-state index is 12.7. The van der Waals surface area contributed by atoms with Gasteiger partial charge in [-0.3, -0.25) is 4.79 Å². The molecule has 0 aliphatic rings. The van der Waals surface area contributed by atoms with E-state index in [4.69, 9.17) is 0 Å². The lowest BCUT2D eigenvalue weighted by atomic mass is 9.96. The minimum absolute atomic E-state index is 0.00272. The van der Waals surface area contributed by atoms with E-state index in [1.165, 1.54) is 11.3 Å². The van der Waals surface area contributed by atoms with Gasteiger partial charge in [0.1, 0.15) is 0 Å². The molecule has 0 aliphatic carbocycles. The molecular weight excluding hydrogens is 316 g/mol. The third-order valence-electron chi connectivity index (χ3n) is 4.00. The van der Waals surface area contributed by atoms with E-state index >= 15 is 0 Å². The molecule has 0 saturated heterocycles. The number of carbonyl (C=O) groups is 1. The molecule has 0 fully saturated rings. The fourth-order valence-corrected chi connectivity index (χ4v) is 3.60. The molecular formula is C20H20N2OS. The zero-order chi connectivity index (χ0) is 16.9. The van der Waals surface area contributed by atoms with Crippen molar-refractivity contribution in [2.24, 2.45) is 0 Å². The summed E-state index contributed by atoms with van der Waals surface area (Å²) < 4.78 is 0. The predicted octanol–water partition coefficient (Wildman–Crippen LogP) is 5.25. The Morgan fingerprint density at radius 3 is 2.33 bits per heavy atom. The van der Waals surface area contributed by atoms with Gasteiger partial charge < -0.3 is 5.32 Å². The normalized spacial score (nSPS) is 11.9. The van der Waals surface area contributed by atoms with Crippen molar-refractivity contribution in [2.45, 2.75) is 26.2 Å². The molecule has 3 nitrogen and oxygen atoms in total. The standard InChI is InChI=1S/C20H20N2OS/c1-3-17(15-10-6-4-7-11-15)19(23)22-20-21-18(14(2)24-20)16-12-8-5-9-13-16/h4-13,17H,3H2,1-2H3,(H,21,22,23)/t17-/m1/s1. The highest BCUT2D eigenvalue weighted by Crippen LogP contribution is 2.31. The maximum Gasteiger partial charge on any atom is 0.233 e. The van der Waals surface area contributed by atoms with Gasteiger partial charge in [-0.25, -0.2) is 4.98 Å². The summed E-state index contributed by atoms with van der Waals surface area (Å²) in [6, 6.07) is 19.9. The molecule has 4 heteroatoms. The van der Waals surface area contributed by atoms with Crippen LogP contribution >= 0.6 is 11.3 Å². The number of aromatic nitrogens is 1. The van der Waals surface area contributed by atoms with E-state index in [9.17, 15) is 4.79 Å². The number of hydrogen-bond acceptors (Lipinski definition) is 3. The number of rotatable bonds is 5. The van der Waals surface area contributed by atoms with Gasteiger partial charge in [-0.15, -0.1) is 11.3 Å². The van der Waals surface area contributed by atoms with Crippen LogP contribution in [0.5, 0.6) is 0 Å². The summed E-state index contributed by atoms with van der Waals surface area (Å²) in [7, 11) is 0. The molecule has 0 unspecified atom stereocenters. The Balaban J connectivity index is 1.80. The van der Waals surface area contributed by atoms with E-state index in [0.717, 1.165) is 28.1 Å². The van der Waals surface area contributed by atoms with Gasteiger partial charge in [0.05, 0.1) is 11.6 Å². The lowest BCUT2D eigenvalue weighted by Gasteiger charge is -2.14. The first-order valence-corrected chi connectivity index (χ1v) is 8.89. The second kappa shape index (κ2) is 7.41. The molecule has 0 spiro atoms. The molecule has 1 atom stereocenters. The van der Waals surface area contributed by atoms with Crippen LogP contribution in [0.25, 0.3) is 11.3 Å². The molecule has 0 saturated carbocycles. The van der Waals surface area contributed by atoms with Crippen molar-refractivity contribution in [2.75, 3.05) is 5.32 Å². The van der Waals surface area contributed by atoms with E-state index in [0.29, 0.717) is 5.13 Å². The molecule has 0 radical (unpaired) electrons. The Labute approximate surface area is 146 Å². The molecule has 2 aromatic carbocycles. The Kier molecular flexibility index (Phi) is 5.06. The van der Waals surface area contributed by atoms with Crippen LogP contribution in [-0.2, 0) is 4.79 Å². The van der Waals surface area contributed by atoms with Gasteiger partial charge in [0.15, 0.2) is 5.13 Å². The topological polar surface area (TPSA) is 42.0 Å². The van der Waals surface area contributed by atoms with E-state index in [1.807, 2.05) is 74.5 Å². The Hall–Kier alpha value is -2.46. The van der Waals surface area contributed by atoms with Crippen molar-refractivity contribution in [3.8, 4) is 11.3 Å². The number of anilines is 1. The summed E-state index contributed by atoms with van der Waals surface area (Å²) in [5.41, 5.74) is 3.04. The molecule has 1 N–H and O–H groups in total. The van der Waals surface area contributed by atoms with Crippen LogP contribution in [-0.4, -0.2) is 10.9 Å². The molecule has 1 aromatic heterocycles. The second-order valence-electron chi connectivity index (χ2n) is 5.65. The minimum Gasteiger partial charge on any atom is -0.301 e. The monoisotopic (exact) mass is 336 g/mol. The van der Waals surface area contributed by atoms with E-state index in [1.54, 1.807) is 0 Å². The fourth-order valence-electron chi connectivity index (χ4n) is 2.76. The Morgan fingerprint density at radius 2 is 1.71 bits per heavy atom. The first-order chi connectivity index (χ1) is 11.7. The zero-order valence-corrected chi connectivity index (χ0v) is 14.6. The third-order valence-corrected chi connectivity index (χ3v) is 4.89. The second-order valence-corrected chi connectivity index (χ2v) is 6.85. The largest absolute Gasteiger partial charge is 0.301 e. The van der Waals surface area contributed by atoms with E-state index in [-0.39, 0.29) is 11.8 Å². The fraction of sp³-hybridized carbons (Fsp3) is 0.200. The molecule has 122 valence electrons. The van der Waals surface area contributed by atoms with Gasteiger partial charge in [-0.1, -0.05) is 67.6 Å². The van der Waals surface area contributed by atoms with Crippen molar-refractivity contribution < 1.29 is 4.79 Å². The number of thiazole rings is 1. The summed E-state index contributed by atoms with van der Waals surface area (Å²) >= 11 is 1.52. The van der Waals surface area contributed by atoms with Gasteiger partial charge in [0.2, 0.25) is 5.91 Å². The number of nitrogens with zero attached hydrogens (tertiary/aromatic N) is 1. The quantitative estimate of drug-likeness (QED) is 0.691. The van der Waals surface area contributed by atoms with Gasteiger partial charge >= 0.3 is 0 Å². The predicted molar refractivity (Wildman–Crippen MR) is 100 cm³/mol. The highest BCUT2D eigenvalue weighted by atomic mass is 32.1. The van der Waals surface area contributed by atoms with Crippen molar-refractivity contribution in [3.05, 3.63) is 71.1 Å². The third kappa shape index (κ3) is 3.54. The summed E-state index contributed by atoms with van der Waals surface area (Å²) in [6.07, 6.45) is 0.756. The summed E-state index contributed by atoms with van der Waals surface area (Å²) in [4.78, 5) is 18.4. The molecule has 24 heavy (non-hydrogen) atoms.